The average molecular weight is 244 g/mol. The van der Waals surface area contributed by atoms with Gasteiger partial charge < -0.3 is 15.6 Å². The molecule has 2 rings (SSSR count). The number of pyridine rings is 1. The fourth-order valence-electron chi connectivity index (χ4n) is 1.72. The molecule has 18 heavy (non-hydrogen) atoms. The largest absolute Gasteiger partial charge is 0.397 e. The Hall–Kier alpha value is -2.30. The van der Waals surface area contributed by atoms with Gasteiger partial charge in [0, 0.05) is 24.6 Å². The Balaban J connectivity index is 2.12. The summed E-state index contributed by atoms with van der Waals surface area (Å²) in [4.78, 5) is 21.0. The maximum absolute atomic E-state index is 12.2. The third-order valence-electron chi connectivity index (χ3n) is 2.68. The molecule has 0 saturated heterocycles. The summed E-state index contributed by atoms with van der Waals surface area (Å²) < 4.78 is 0. The third-order valence-corrected chi connectivity index (χ3v) is 2.68. The fraction of sp³-hybridized carbons (Fsp3) is 0.231. The van der Waals surface area contributed by atoms with Gasteiger partial charge in [-0.05, 0) is 25.1 Å². The molecule has 0 bridgehead atoms. The zero-order valence-electron chi connectivity index (χ0n) is 10.3. The summed E-state index contributed by atoms with van der Waals surface area (Å²) in [5.74, 6) is -0.0696. The lowest BCUT2D eigenvalue weighted by Crippen LogP contribution is -2.30. The molecule has 1 amide bonds. The van der Waals surface area contributed by atoms with Crippen LogP contribution >= 0.6 is 0 Å². The van der Waals surface area contributed by atoms with E-state index in [1.165, 1.54) is 0 Å². The van der Waals surface area contributed by atoms with Crippen molar-refractivity contribution in [2.24, 2.45) is 0 Å². The van der Waals surface area contributed by atoms with E-state index in [2.05, 4.69) is 9.97 Å². The number of carbonyl (C=O) groups is 1. The Kier molecular flexibility index (Phi) is 3.62. The summed E-state index contributed by atoms with van der Waals surface area (Å²) in [6.45, 7) is 3.05. The highest BCUT2D eigenvalue weighted by Gasteiger charge is 2.16. The summed E-state index contributed by atoms with van der Waals surface area (Å²) >= 11 is 0. The molecule has 0 aromatic carbocycles. The maximum Gasteiger partial charge on any atom is 0.270 e. The van der Waals surface area contributed by atoms with Gasteiger partial charge in [0.1, 0.15) is 5.69 Å². The van der Waals surface area contributed by atoms with E-state index < -0.39 is 0 Å². The van der Waals surface area contributed by atoms with Crippen LogP contribution in [0.4, 0.5) is 5.69 Å². The first-order valence-corrected chi connectivity index (χ1v) is 5.83. The molecule has 2 heterocycles. The van der Waals surface area contributed by atoms with Crippen LogP contribution in [0.5, 0.6) is 0 Å². The predicted molar refractivity (Wildman–Crippen MR) is 69.9 cm³/mol. The molecule has 0 aliphatic carbocycles. The molecule has 0 radical (unpaired) electrons. The second-order valence-corrected chi connectivity index (χ2v) is 3.99. The second-order valence-electron chi connectivity index (χ2n) is 3.99. The van der Waals surface area contributed by atoms with Gasteiger partial charge in [-0.3, -0.25) is 9.78 Å². The predicted octanol–water partition coefficient (Wildman–Crippen LogP) is 1.65. The van der Waals surface area contributed by atoms with Gasteiger partial charge in [0.05, 0.1) is 12.2 Å². The Labute approximate surface area is 106 Å². The highest BCUT2D eigenvalue weighted by molar-refractivity contribution is 5.93. The van der Waals surface area contributed by atoms with Gasteiger partial charge in [0.2, 0.25) is 0 Å². The summed E-state index contributed by atoms with van der Waals surface area (Å²) in [6, 6.07) is 7.31. The number of nitrogens with two attached hydrogens (primary N) is 1. The number of nitrogen functional groups attached to an aromatic ring is 1. The summed E-state index contributed by atoms with van der Waals surface area (Å²) in [7, 11) is 0. The topological polar surface area (TPSA) is 75.0 Å². The van der Waals surface area contributed by atoms with Crippen molar-refractivity contribution >= 4 is 11.6 Å². The smallest absolute Gasteiger partial charge is 0.270 e. The van der Waals surface area contributed by atoms with Crippen LogP contribution in [0.2, 0.25) is 0 Å². The summed E-state index contributed by atoms with van der Waals surface area (Å²) in [6.07, 6.45) is 3.34. The Bertz CT molecular complexity index is 521. The minimum absolute atomic E-state index is 0.0696. The quantitative estimate of drug-likeness (QED) is 0.858. The summed E-state index contributed by atoms with van der Waals surface area (Å²) in [5.41, 5.74) is 7.53. The van der Waals surface area contributed by atoms with Gasteiger partial charge >= 0.3 is 0 Å². The SMILES string of the molecule is CCN(Cc1ccccn1)C(=O)c1cc(N)c[nH]1. The number of H-pyrrole nitrogens is 1. The van der Waals surface area contributed by atoms with E-state index in [4.69, 9.17) is 5.73 Å². The normalized spacial score (nSPS) is 10.3. The molecule has 0 fully saturated rings. The minimum atomic E-state index is -0.0696. The Morgan fingerprint density at radius 1 is 1.50 bits per heavy atom. The highest BCUT2D eigenvalue weighted by Crippen LogP contribution is 2.10. The van der Waals surface area contributed by atoms with Gasteiger partial charge in [0.15, 0.2) is 0 Å². The van der Waals surface area contributed by atoms with Crippen molar-refractivity contribution in [3.05, 3.63) is 48.0 Å². The molecule has 0 spiro atoms. The molecule has 0 saturated carbocycles. The van der Waals surface area contributed by atoms with Crippen molar-refractivity contribution in [3.8, 4) is 0 Å². The molecule has 0 aliphatic heterocycles. The molecule has 5 nitrogen and oxygen atoms in total. The van der Waals surface area contributed by atoms with Crippen LogP contribution < -0.4 is 5.73 Å². The van der Waals surface area contributed by atoms with E-state index in [1.54, 1.807) is 23.4 Å². The molecular weight excluding hydrogens is 228 g/mol. The van der Waals surface area contributed by atoms with Gasteiger partial charge in [-0.25, -0.2) is 0 Å². The third kappa shape index (κ3) is 2.68. The molecule has 0 unspecified atom stereocenters. The van der Waals surface area contributed by atoms with E-state index in [1.807, 2.05) is 25.1 Å². The Morgan fingerprint density at radius 2 is 2.33 bits per heavy atom. The lowest BCUT2D eigenvalue weighted by atomic mass is 10.3. The first kappa shape index (κ1) is 12.2. The number of carbonyl (C=O) groups excluding carboxylic acids is 1. The zero-order chi connectivity index (χ0) is 13.0. The van der Waals surface area contributed by atoms with Crippen LogP contribution in [-0.2, 0) is 6.54 Å². The number of hydrogen-bond acceptors (Lipinski definition) is 3. The van der Waals surface area contributed by atoms with Gasteiger partial charge in [-0.15, -0.1) is 0 Å². The van der Waals surface area contributed by atoms with E-state index in [9.17, 15) is 4.79 Å². The number of hydrogen-bond donors (Lipinski definition) is 2. The number of aromatic nitrogens is 2. The molecule has 2 aromatic rings. The summed E-state index contributed by atoms with van der Waals surface area (Å²) in [5, 5.41) is 0. The van der Waals surface area contributed by atoms with E-state index >= 15 is 0 Å². The number of anilines is 1. The lowest BCUT2D eigenvalue weighted by Gasteiger charge is -2.19. The molecular formula is C13H16N4O. The van der Waals surface area contributed by atoms with Gasteiger partial charge in [-0.2, -0.15) is 0 Å². The number of rotatable bonds is 4. The molecule has 3 N–H and O–H groups in total. The molecule has 0 aliphatic rings. The minimum Gasteiger partial charge on any atom is -0.397 e. The van der Waals surface area contributed by atoms with Crippen LogP contribution in [0.15, 0.2) is 36.7 Å². The average Bonchev–Trinajstić information content (AvgIpc) is 2.83. The van der Waals surface area contributed by atoms with E-state index in [0.29, 0.717) is 24.5 Å². The standard InChI is InChI=1S/C13H16N4O/c1-2-17(9-11-5-3-4-6-15-11)13(18)12-7-10(14)8-16-12/h3-8,16H,2,9,14H2,1H3. The number of aromatic amines is 1. The lowest BCUT2D eigenvalue weighted by molar-refractivity contribution is 0.0745. The van der Waals surface area contributed by atoms with Crippen LogP contribution in [0.25, 0.3) is 0 Å². The molecule has 5 heteroatoms. The van der Waals surface area contributed by atoms with E-state index in [0.717, 1.165) is 5.69 Å². The highest BCUT2D eigenvalue weighted by atomic mass is 16.2. The van der Waals surface area contributed by atoms with Crippen molar-refractivity contribution < 1.29 is 4.79 Å². The van der Waals surface area contributed by atoms with Crippen molar-refractivity contribution in [3.63, 3.8) is 0 Å². The van der Waals surface area contributed by atoms with Crippen LogP contribution in [-0.4, -0.2) is 27.3 Å². The molecule has 94 valence electrons. The fourth-order valence-corrected chi connectivity index (χ4v) is 1.72. The van der Waals surface area contributed by atoms with E-state index in [-0.39, 0.29) is 5.91 Å². The van der Waals surface area contributed by atoms with Crippen LogP contribution in [0, 0.1) is 0 Å². The number of nitrogens with zero attached hydrogens (tertiary/aromatic N) is 2. The van der Waals surface area contributed by atoms with Gasteiger partial charge in [-0.1, -0.05) is 6.07 Å². The first-order valence-electron chi connectivity index (χ1n) is 5.83. The van der Waals surface area contributed by atoms with Crippen LogP contribution in [0.3, 0.4) is 0 Å². The van der Waals surface area contributed by atoms with Crippen molar-refractivity contribution in [2.75, 3.05) is 12.3 Å². The number of amides is 1. The molecule has 2 aromatic heterocycles. The number of nitrogens with one attached hydrogen (secondary N) is 1. The van der Waals surface area contributed by atoms with Crippen LogP contribution in [0.1, 0.15) is 23.1 Å². The van der Waals surface area contributed by atoms with Crippen molar-refractivity contribution in [1.82, 2.24) is 14.9 Å². The zero-order valence-corrected chi connectivity index (χ0v) is 10.3. The van der Waals surface area contributed by atoms with Gasteiger partial charge in [0.25, 0.3) is 5.91 Å². The monoisotopic (exact) mass is 244 g/mol. The van der Waals surface area contributed by atoms with Crippen molar-refractivity contribution in [2.45, 2.75) is 13.5 Å². The Morgan fingerprint density at radius 3 is 2.89 bits per heavy atom. The first-order chi connectivity index (χ1) is 8.70. The maximum atomic E-state index is 12.2. The van der Waals surface area contributed by atoms with Crippen molar-refractivity contribution in [1.29, 1.82) is 0 Å². The second kappa shape index (κ2) is 5.35. The molecule has 0 atom stereocenters.